The second-order valence-corrected chi connectivity index (χ2v) is 12.2. The lowest BCUT2D eigenvalue weighted by atomic mass is 10.0. The van der Waals surface area contributed by atoms with Gasteiger partial charge in [-0.15, -0.1) is 0 Å². The highest BCUT2D eigenvalue weighted by atomic mass is 32.2. The molecule has 2 aromatic carbocycles. The molecule has 0 aliphatic carbocycles. The molecule has 10 nitrogen and oxygen atoms in total. The summed E-state index contributed by atoms with van der Waals surface area (Å²) in [4.78, 5) is 27.1. The monoisotopic (exact) mass is 564 g/mol. The molecule has 3 N–H and O–H groups in total. The number of halogens is 1. The predicted octanol–water partition coefficient (Wildman–Crippen LogP) is 2.83. The van der Waals surface area contributed by atoms with Gasteiger partial charge in [-0.05, 0) is 63.2 Å². The number of likely N-dealkylation sites (N-methyl/N-ethyl adjacent to an activating group) is 1. The van der Waals surface area contributed by atoms with Crippen molar-refractivity contribution in [3.05, 3.63) is 53.8 Å². The molecule has 3 amide bonds. The van der Waals surface area contributed by atoms with Crippen LogP contribution in [-0.4, -0.2) is 79.6 Å². The molecule has 0 saturated heterocycles. The number of nitrogens with zero attached hydrogens (tertiary/aromatic N) is 2. The van der Waals surface area contributed by atoms with Crippen LogP contribution in [0.25, 0.3) is 0 Å². The number of rotatable bonds is 8. The molecule has 0 unspecified atom stereocenters. The molecule has 2 aromatic rings. The van der Waals surface area contributed by atoms with Crippen LogP contribution in [0.2, 0.25) is 0 Å². The first kappa shape index (κ1) is 30.3. The highest BCUT2D eigenvalue weighted by molar-refractivity contribution is 7.89. The van der Waals surface area contributed by atoms with Crippen molar-refractivity contribution in [3.8, 4) is 5.75 Å². The highest BCUT2D eigenvalue weighted by Crippen LogP contribution is 2.30. The largest absolute Gasteiger partial charge is 0.488 e. The number of fused-ring (bicyclic) bond motifs is 1. The van der Waals surface area contributed by atoms with Crippen LogP contribution in [0.4, 0.5) is 14.9 Å². The molecule has 39 heavy (non-hydrogen) atoms. The first-order valence-electron chi connectivity index (χ1n) is 12.8. The Kier molecular flexibility index (Phi) is 9.92. The second-order valence-electron chi connectivity index (χ2n) is 10.2. The Morgan fingerprint density at radius 3 is 2.49 bits per heavy atom. The third kappa shape index (κ3) is 7.68. The number of urea groups is 1. The second kappa shape index (κ2) is 12.8. The van der Waals surface area contributed by atoms with Crippen LogP contribution < -0.4 is 15.4 Å². The van der Waals surface area contributed by atoms with Gasteiger partial charge in [0.2, 0.25) is 15.9 Å². The standard InChI is InChI=1S/C27H37FN4O6S/c1-17(2)29-27(35)30-22-8-11-24-20(12-22)13-26(34)32(19(4)16-33)14-18(3)25(38-24)15-31(5)39(36,37)23-9-6-21(28)7-10-23/h6-12,17-19,25,33H,13-16H2,1-5H3,(H2,29,30,35)/t18-,19+,25-/m1/s1. The maximum Gasteiger partial charge on any atom is 0.319 e. The van der Waals surface area contributed by atoms with E-state index in [4.69, 9.17) is 4.74 Å². The molecule has 1 aliphatic heterocycles. The molecular formula is C27H37FN4O6S. The molecule has 0 radical (unpaired) electrons. The van der Waals surface area contributed by atoms with E-state index in [1.54, 1.807) is 30.0 Å². The summed E-state index contributed by atoms with van der Waals surface area (Å²) in [6, 6.07) is 8.60. The van der Waals surface area contributed by atoms with Gasteiger partial charge >= 0.3 is 6.03 Å². The van der Waals surface area contributed by atoms with Gasteiger partial charge < -0.3 is 25.4 Å². The van der Waals surface area contributed by atoms with Crippen molar-refractivity contribution < 1.29 is 32.2 Å². The van der Waals surface area contributed by atoms with Crippen molar-refractivity contribution in [3.63, 3.8) is 0 Å². The number of hydrogen-bond donors (Lipinski definition) is 3. The van der Waals surface area contributed by atoms with Crippen LogP contribution in [-0.2, 0) is 21.2 Å². The van der Waals surface area contributed by atoms with Crippen molar-refractivity contribution >= 4 is 27.6 Å². The molecule has 0 spiro atoms. The summed E-state index contributed by atoms with van der Waals surface area (Å²) in [6.45, 7) is 7.19. The van der Waals surface area contributed by atoms with E-state index in [9.17, 15) is 27.5 Å². The van der Waals surface area contributed by atoms with Gasteiger partial charge in [0.05, 0.1) is 30.5 Å². The summed E-state index contributed by atoms with van der Waals surface area (Å²) in [5, 5.41) is 15.3. The van der Waals surface area contributed by atoms with Crippen LogP contribution in [0.3, 0.4) is 0 Å². The highest BCUT2D eigenvalue weighted by Gasteiger charge is 2.33. The van der Waals surface area contributed by atoms with Gasteiger partial charge in [0.1, 0.15) is 17.7 Å². The number of aliphatic hydroxyl groups excluding tert-OH is 1. The molecule has 1 aliphatic rings. The third-order valence-corrected chi connectivity index (χ3v) is 8.39. The van der Waals surface area contributed by atoms with E-state index < -0.39 is 34.0 Å². The van der Waals surface area contributed by atoms with E-state index in [2.05, 4.69) is 10.6 Å². The Morgan fingerprint density at radius 1 is 1.21 bits per heavy atom. The van der Waals surface area contributed by atoms with Gasteiger partial charge in [-0.1, -0.05) is 6.92 Å². The fraction of sp³-hybridized carbons (Fsp3) is 0.481. The molecule has 1 heterocycles. The number of aliphatic hydroxyl groups is 1. The molecule has 12 heteroatoms. The molecule has 3 rings (SSSR count). The molecule has 0 aromatic heterocycles. The Labute approximate surface area is 229 Å². The number of nitrogens with one attached hydrogen (secondary N) is 2. The maximum absolute atomic E-state index is 13.4. The maximum atomic E-state index is 13.4. The summed E-state index contributed by atoms with van der Waals surface area (Å²) in [6.07, 6.45) is -0.712. The summed E-state index contributed by atoms with van der Waals surface area (Å²) >= 11 is 0. The number of benzene rings is 2. The molecule has 0 saturated carbocycles. The quantitative estimate of drug-likeness (QED) is 0.453. The summed E-state index contributed by atoms with van der Waals surface area (Å²) in [5.74, 6) is -0.708. The third-order valence-electron chi connectivity index (χ3n) is 6.55. The van der Waals surface area contributed by atoms with Crippen molar-refractivity contribution in [2.45, 2.75) is 57.2 Å². The fourth-order valence-corrected chi connectivity index (χ4v) is 5.48. The number of amides is 3. The zero-order chi connectivity index (χ0) is 28.9. The molecule has 214 valence electrons. The van der Waals surface area contributed by atoms with Crippen molar-refractivity contribution in [1.29, 1.82) is 0 Å². The fourth-order valence-electron chi connectivity index (χ4n) is 4.29. The average Bonchev–Trinajstić information content (AvgIpc) is 2.91. The van der Waals surface area contributed by atoms with Crippen LogP contribution in [0.15, 0.2) is 47.4 Å². The van der Waals surface area contributed by atoms with E-state index in [1.165, 1.54) is 19.2 Å². The minimum atomic E-state index is -3.95. The van der Waals surface area contributed by atoms with Gasteiger partial charge in [0.25, 0.3) is 0 Å². The van der Waals surface area contributed by atoms with Gasteiger partial charge in [-0.25, -0.2) is 17.6 Å². The number of carbonyl (C=O) groups excluding carboxylic acids is 2. The SMILES string of the molecule is CC(C)NC(=O)Nc1ccc2c(c1)CC(=O)N([C@@H](C)CO)C[C@@H](C)[C@@H](CN(C)S(=O)(=O)c1ccc(F)cc1)O2. The van der Waals surface area contributed by atoms with Crippen LogP contribution >= 0.6 is 0 Å². The van der Waals surface area contributed by atoms with E-state index in [0.717, 1.165) is 16.4 Å². The minimum Gasteiger partial charge on any atom is -0.488 e. The number of anilines is 1. The lowest BCUT2D eigenvalue weighted by Gasteiger charge is -2.33. The smallest absolute Gasteiger partial charge is 0.319 e. The van der Waals surface area contributed by atoms with Gasteiger partial charge in [0.15, 0.2) is 0 Å². The van der Waals surface area contributed by atoms with E-state index in [0.29, 0.717) is 17.0 Å². The van der Waals surface area contributed by atoms with E-state index in [1.807, 2.05) is 20.8 Å². The summed E-state index contributed by atoms with van der Waals surface area (Å²) < 4.78 is 47.2. The van der Waals surface area contributed by atoms with Crippen molar-refractivity contribution in [2.75, 3.05) is 32.1 Å². The van der Waals surface area contributed by atoms with Crippen LogP contribution in [0, 0.1) is 11.7 Å². The molecule has 3 atom stereocenters. The molecular weight excluding hydrogens is 527 g/mol. The molecule has 0 fully saturated rings. The predicted molar refractivity (Wildman–Crippen MR) is 145 cm³/mol. The summed E-state index contributed by atoms with van der Waals surface area (Å²) in [7, 11) is -2.53. The first-order valence-corrected chi connectivity index (χ1v) is 14.2. The summed E-state index contributed by atoms with van der Waals surface area (Å²) in [5.41, 5.74) is 0.977. The normalized spacial score (nSPS) is 19.0. The van der Waals surface area contributed by atoms with Crippen LogP contribution in [0.5, 0.6) is 5.75 Å². The number of ether oxygens (including phenoxy) is 1. The van der Waals surface area contributed by atoms with Crippen LogP contribution in [0.1, 0.15) is 33.3 Å². The first-order chi connectivity index (χ1) is 18.3. The lowest BCUT2D eigenvalue weighted by molar-refractivity contribution is -0.134. The zero-order valence-electron chi connectivity index (χ0n) is 22.8. The zero-order valence-corrected chi connectivity index (χ0v) is 23.7. The van der Waals surface area contributed by atoms with E-state index >= 15 is 0 Å². The Balaban J connectivity index is 1.95. The van der Waals surface area contributed by atoms with E-state index in [-0.39, 0.29) is 48.9 Å². The number of sulfonamides is 1. The van der Waals surface area contributed by atoms with Gasteiger partial charge in [-0.3, -0.25) is 4.79 Å². The Morgan fingerprint density at radius 2 is 1.87 bits per heavy atom. The molecule has 0 bridgehead atoms. The van der Waals surface area contributed by atoms with Gasteiger partial charge in [0, 0.05) is 36.8 Å². The van der Waals surface area contributed by atoms with Gasteiger partial charge in [-0.2, -0.15) is 4.31 Å². The van der Waals surface area contributed by atoms with Crippen molar-refractivity contribution in [1.82, 2.24) is 14.5 Å². The average molecular weight is 565 g/mol. The Bertz CT molecular complexity index is 1270. The number of carbonyl (C=O) groups is 2. The number of hydrogen-bond acceptors (Lipinski definition) is 6. The minimum absolute atomic E-state index is 0.0375. The lowest BCUT2D eigenvalue weighted by Crippen LogP contribution is -2.48. The Hall–Kier alpha value is -3.22. The van der Waals surface area contributed by atoms with Crippen molar-refractivity contribution in [2.24, 2.45) is 5.92 Å². The topological polar surface area (TPSA) is 128 Å².